The lowest BCUT2D eigenvalue weighted by atomic mass is 10.0. The Morgan fingerprint density at radius 1 is 1.24 bits per heavy atom. The van der Waals surface area contributed by atoms with Gasteiger partial charge in [-0.3, -0.25) is 0 Å². The van der Waals surface area contributed by atoms with Crippen molar-refractivity contribution in [1.82, 2.24) is 10.6 Å². The predicted molar refractivity (Wildman–Crippen MR) is 84.3 cm³/mol. The maximum atomic E-state index is 13.2. The average Bonchev–Trinajstić information content (AvgIpc) is 2.48. The van der Waals surface area contributed by atoms with E-state index in [4.69, 9.17) is 5.11 Å². The Morgan fingerprint density at radius 2 is 2.00 bits per heavy atom. The summed E-state index contributed by atoms with van der Waals surface area (Å²) in [6.07, 6.45) is 2.22. The molecule has 0 atom stereocenters. The van der Waals surface area contributed by atoms with Crippen LogP contribution in [0.2, 0.25) is 0 Å². The molecule has 1 heterocycles. The molecule has 5 heteroatoms. The fourth-order valence-electron chi connectivity index (χ4n) is 2.87. The molecule has 2 rings (SSSR count). The van der Waals surface area contributed by atoms with Crippen LogP contribution in [0.15, 0.2) is 18.2 Å². The van der Waals surface area contributed by atoms with Crippen molar-refractivity contribution in [3.8, 4) is 0 Å². The van der Waals surface area contributed by atoms with Gasteiger partial charge < -0.3 is 20.6 Å². The van der Waals surface area contributed by atoms with Crippen molar-refractivity contribution in [2.24, 2.45) is 0 Å². The summed E-state index contributed by atoms with van der Waals surface area (Å²) in [4.78, 5) is 2.34. The highest BCUT2D eigenvalue weighted by molar-refractivity contribution is 5.53. The van der Waals surface area contributed by atoms with E-state index in [0.29, 0.717) is 12.6 Å². The number of benzene rings is 1. The Labute approximate surface area is 126 Å². The molecule has 0 aromatic heterocycles. The van der Waals surface area contributed by atoms with Gasteiger partial charge in [0.05, 0.1) is 6.61 Å². The molecule has 1 aliphatic rings. The topological polar surface area (TPSA) is 47.5 Å². The van der Waals surface area contributed by atoms with Gasteiger partial charge in [0, 0.05) is 44.5 Å². The van der Waals surface area contributed by atoms with Crippen LogP contribution in [0.25, 0.3) is 0 Å². The van der Waals surface area contributed by atoms with Crippen LogP contribution in [0.5, 0.6) is 0 Å². The SMILES string of the molecule is Cc1cc(F)ccc1N1CCC(NCCNCCO)CC1. The monoisotopic (exact) mass is 295 g/mol. The average molecular weight is 295 g/mol. The number of halogens is 1. The first-order valence-electron chi connectivity index (χ1n) is 7.77. The molecule has 0 amide bonds. The van der Waals surface area contributed by atoms with Crippen LogP contribution in [-0.2, 0) is 0 Å². The molecule has 0 saturated carbocycles. The summed E-state index contributed by atoms with van der Waals surface area (Å²) in [5, 5.41) is 15.4. The van der Waals surface area contributed by atoms with Crippen molar-refractivity contribution in [2.45, 2.75) is 25.8 Å². The summed E-state index contributed by atoms with van der Waals surface area (Å²) < 4.78 is 13.2. The molecular weight excluding hydrogens is 269 g/mol. The fraction of sp³-hybridized carbons (Fsp3) is 0.625. The minimum absolute atomic E-state index is 0.164. The second-order valence-corrected chi connectivity index (χ2v) is 5.62. The third-order valence-electron chi connectivity index (χ3n) is 4.02. The summed E-state index contributed by atoms with van der Waals surface area (Å²) in [7, 11) is 0. The first-order valence-corrected chi connectivity index (χ1v) is 7.77. The maximum absolute atomic E-state index is 13.2. The molecule has 118 valence electrons. The largest absolute Gasteiger partial charge is 0.395 e. The van der Waals surface area contributed by atoms with Crippen LogP contribution < -0.4 is 15.5 Å². The number of nitrogens with zero attached hydrogens (tertiary/aromatic N) is 1. The van der Waals surface area contributed by atoms with Crippen molar-refractivity contribution in [3.05, 3.63) is 29.6 Å². The van der Waals surface area contributed by atoms with E-state index in [1.165, 1.54) is 0 Å². The highest BCUT2D eigenvalue weighted by atomic mass is 19.1. The van der Waals surface area contributed by atoms with E-state index in [1.807, 2.05) is 13.0 Å². The summed E-state index contributed by atoms with van der Waals surface area (Å²) in [5.74, 6) is -0.164. The Morgan fingerprint density at radius 3 is 2.67 bits per heavy atom. The van der Waals surface area contributed by atoms with Crippen molar-refractivity contribution in [2.75, 3.05) is 44.2 Å². The lowest BCUT2D eigenvalue weighted by Gasteiger charge is -2.35. The number of rotatable bonds is 7. The number of nitrogens with one attached hydrogen (secondary N) is 2. The van der Waals surface area contributed by atoms with Crippen LogP contribution in [0, 0.1) is 12.7 Å². The Hall–Kier alpha value is -1.17. The van der Waals surface area contributed by atoms with Crippen molar-refractivity contribution in [3.63, 3.8) is 0 Å². The molecule has 0 unspecified atom stereocenters. The van der Waals surface area contributed by atoms with Crippen molar-refractivity contribution in [1.29, 1.82) is 0 Å². The van der Waals surface area contributed by atoms with Gasteiger partial charge in [0.1, 0.15) is 5.82 Å². The molecule has 1 saturated heterocycles. The van der Waals surface area contributed by atoms with Crippen LogP contribution >= 0.6 is 0 Å². The van der Waals surface area contributed by atoms with Crippen LogP contribution in [0.3, 0.4) is 0 Å². The Balaban J connectivity index is 1.73. The molecule has 4 nitrogen and oxygen atoms in total. The van der Waals surface area contributed by atoms with Crippen LogP contribution in [0.4, 0.5) is 10.1 Å². The van der Waals surface area contributed by atoms with E-state index in [9.17, 15) is 4.39 Å². The highest BCUT2D eigenvalue weighted by Gasteiger charge is 2.19. The fourth-order valence-corrected chi connectivity index (χ4v) is 2.87. The number of piperidine rings is 1. The van der Waals surface area contributed by atoms with E-state index >= 15 is 0 Å². The zero-order valence-electron chi connectivity index (χ0n) is 12.7. The number of aliphatic hydroxyl groups excluding tert-OH is 1. The molecule has 1 aromatic carbocycles. The second-order valence-electron chi connectivity index (χ2n) is 5.62. The molecule has 0 aliphatic carbocycles. The second kappa shape index (κ2) is 8.32. The van der Waals surface area contributed by atoms with Crippen molar-refractivity contribution >= 4 is 5.69 Å². The van der Waals surface area contributed by atoms with Crippen molar-refractivity contribution < 1.29 is 9.50 Å². The molecule has 21 heavy (non-hydrogen) atoms. The molecule has 1 fully saturated rings. The van der Waals surface area contributed by atoms with Crippen LogP contribution in [0.1, 0.15) is 18.4 Å². The standard InChI is InChI=1S/C16H26FN3O/c1-13-12-14(17)2-3-16(13)20-9-4-15(5-10-20)19-7-6-18-8-11-21/h2-3,12,15,18-19,21H,4-11H2,1H3. The van der Waals surface area contributed by atoms with Gasteiger partial charge in [0.2, 0.25) is 0 Å². The van der Waals surface area contributed by atoms with Gasteiger partial charge in [-0.2, -0.15) is 0 Å². The third kappa shape index (κ3) is 4.95. The quantitative estimate of drug-likeness (QED) is 0.663. The van der Waals surface area contributed by atoms with Gasteiger partial charge in [0.25, 0.3) is 0 Å². The first-order chi connectivity index (χ1) is 10.2. The molecule has 0 spiro atoms. The number of hydrogen-bond acceptors (Lipinski definition) is 4. The number of anilines is 1. The summed E-state index contributed by atoms with van der Waals surface area (Å²) in [6.45, 7) is 6.65. The summed E-state index contributed by atoms with van der Waals surface area (Å²) >= 11 is 0. The maximum Gasteiger partial charge on any atom is 0.123 e. The van der Waals surface area contributed by atoms with E-state index in [1.54, 1.807) is 12.1 Å². The lowest BCUT2D eigenvalue weighted by molar-refractivity contribution is 0.291. The number of aryl methyl sites for hydroxylation is 1. The third-order valence-corrected chi connectivity index (χ3v) is 4.02. The number of aliphatic hydroxyl groups is 1. The van der Waals surface area contributed by atoms with E-state index in [0.717, 1.165) is 50.3 Å². The van der Waals surface area contributed by atoms with Gasteiger partial charge >= 0.3 is 0 Å². The normalized spacial score (nSPS) is 16.4. The van der Waals surface area contributed by atoms with Gasteiger partial charge in [-0.1, -0.05) is 0 Å². The van der Waals surface area contributed by atoms with E-state index in [-0.39, 0.29) is 12.4 Å². The van der Waals surface area contributed by atoms with Gasteiger partial charge in [-0.15, -0.1) is 0 Å². The number of hydrogen-bond donors (Lipinski definition) is 3. The Kier molecular flexibility index (Phi) is 6.42. The van der Waals surface area contributed by atoms with Gasteiger partial charge in [-0.25, -0.2) is 4.39 Å². The van der Waals surface area contributed by atoms with E-state index < -0.39 is 0 Å². The lowest BCUT2D eigenvalue weighted by Crippen LogP contribution is -2.44. The van der Waals surface area contributed by atoms with E-state index in [2.05, 4.69) is 15.5 Å². The van der Waals surface area contributed by atoms with Crippen LogP contribution in [-0.4, -0.2) is 50.5 Å². The minimum atomic E-state index is -0.164. The minimum Gasteiger partial charge on any atom is -0.395 e. The highest BCUT2D eigenvalue weighted by Crippen LogP contribution is 2.24. The molecule has 0 bridgehead atoms. The first kappa shape index (κ1) is 16.2. The summed E-state index contributed by atoms with van der Waals surface area (Å²) in [6, 6.07) is 5.58. The smallest absolute Gasteiger partial charge is 0.123 e. The molecule has 0 radical (unpaired) electrons. The zero-order valence-corrected chi connectivity index (χ0v) is 12.7. The predicted octanol–water partition coefficient (Wildman–Crippen LogP) is 1.27. The van der Waals surface area contributed by atoms with Gasteiger partial charge in [-0.05, 0) is 43.5 Å². The molecule has 1 aliphatic heterocycles. The van der Waals surface area contributed by atoms with Gasteiger partial charge in [0.15, 0.2) is 0 Å². The Bertz CT molecular complexity index is 434. The zero-order chi connectivity index (χ0) is 15.1. The summed E-state index contributed by atoms with van der Waals surface area (Å²) in [5.41, 5.74) is 2.16. The molecule has 3 N–H and O–H groups in total. The molecular formula is C16H26FN3O. The molecule has 1 aromatic rings.